The first kappa shape index (κ1) is 16.4. The van der Waals surface area contributed by atoms with Crippen molar-refractivity contribution in [1.82, 2.24) is 5.32 Å². The molecule has 21 heavy (non-hydrogen) atoms. The van der Waals surface area contributed by atoms with Gasteiger partial charge in [0.1, 0.15) is 5.75 Å². The topological polar surface area (TPSA) is 21.3 Å². The van der Waals surface area contributed by atoms with Gasteiger partial charge in [0, 0.05) is 6.04 Å². The van der Waals surface area contributed by atoms with Crippen LogP contribution in [-0.2, 0) is 6.42 Å². The molecule has 1 heterocycles. The van der Waals surface area contributed by atoms with Crippen molar-refractivity contribution < 1.29 is 4.74 Å². The molecule has 0 saturated heterocycles. The summed E-state index contributed by atoms with van der Waals surface area (Å²) >= 11 is 0. The molecule has 2 rings (SSSR count). The Kier molecular flexibility index (Phi) is 7.08. The number of ether oxygens (including phenoxy) is 1. The van der Waals surface area contributed by atoms with Gasteiger partial charge in [0.25, 0.3) is 0 Å². The van der Waals surface area contributed by atoms with Crippen molar-refractivity contribution in [2.24, 2.45) is 0 Å². The minimum absolute atomic E-state index is 0.489. The van der Waals surface area contributed by atoms with Gasteiger partial charge in [-0.3, -0.25) is 0 Å². The van der Waals surface area contributed by atoms with Crippen molar-refractivity contribution in [3.05, 3.63) is 29.3 Å². The molecular formula is C19H31NO. The molecule has 0 bridgehead atoms. The van der Waals surface area contributed by atoms with Crippen molar-refractivity contribution in [1.29, 1.82) is 0 Å². The Bertz CT molecular complexity index is 416. The van der Waals surface area contributed by atoms with E-state index in [-0.39, 0.29) is 0 Å². The highest BCUT2D eigenvalue weighted by atomic mass is 16.5. The summed E-state index contributed by atoms with van der Waals surface area (Å²) in [5, 5.41) is 3.49. The highest BCUT2D eigenvalue weighted by molar-refractivity contribution is 5.39. The van der Waals surface area contributed by atoms with E-state index >= 15 is 0 Å². The van der Waals surface area contributed by atoms with Gasteiger partial charge >= 0.3 is 0 Å². The SMILES string of the molecule is CCCCCCCCC(NC)c1ccc2c(c1)CCCO2. The van der Waals surface area contributed by atoms with E-state index in [1.54, 1.807) is 0 Å². The molecule has 0 saturated carbocycles. The molecule has 2 nitrogen and oxygen atoms in total. The maximum absolute atomic E-state index is 5.71. The number of hydrogen-bond acceptors (Lipinski definition) is 2. The molecule has 0 spiro atoms. The van der Waals surface area contributed by atoms with E-state index in [1.165, 1.54) is 56.1 Å². The van der Waals surface area contributed by atoms with Gasteiger partial charge in [0.15, 0.2) is 0 Å². The Morgan fingerprint density at radius 1 is 1.14 bits per heavy atom. The number of benzene rings is 1. The molecule has 0 aromatic heterocycles. The molecule has 1 N–H and O–H groups in total. The number of fused-ring (bicyclic) bond motifs is 1. The van der Waals surface area contributed by atoms with Crippen molar-refractivity contribution in [2.45, 2.75) is 70.8 Å². The summed E-state index contributed by atoms with van der Waals surface area (Å²) in [6.45, 7) is 3.15. The fraction of sp³-hybridized carbons (Fsp3) is 0.684. The number of nitrogens with one attached hydrogen (secondary N) is 1. The smallest absolute Gasteiger partial charge is 0.122 e. The normalized spacial score (nSPS) is 15.3. The average Bonchev–Trinajstić information content (AvgIpc) is 2.54. The van der Waals surface area contributed by atoms with Crippen LogP contribution in [0.1, 0.15) is 75.5 Å². The third-order valence-electron chi connectivity index (χ3n) is 4.53. The van der Waals surface area contributed by atoms with Gasteiger partial charge in [0.2, 0.25) is 0 Å². The van der Waals surface area contributed by atoms with Crippen LogP contribution in [0.25, 0.3) is 0 Å². The summed E-state index contributed by atoms with van der Waals surface area (Å²) in [4.78, 5) is 0. The third-order valence-corrected chi connectivity index (χ3v) is 4.53. The lowest BCUT2D eigenvalue weighted by molar-refractivity contribution is 0.288. The molecule has 1 aliphatic rings. The molecule has 1 unspecified atom stereocenters. The van der Waals surface area contributed by atoms with Crippen LogP contribution in [0.3, 0.4) is 0 Å². The van der Waals surface area contributed by atoms with Gasteiger partial charge in [-0.15, -0.1) is 0 Å². The zero-order valence-electron chi connectivity index (χ0n) is 13.8. The van der Waals surface area contributed by atoms with E-state index in [0.717, 1.165) is 25.2 Å². The predicted octanol–water partition coefficient (Wildman–Crippen LogP) is 5.02. The number of hydrogen-bond donors (Lipinski definition) is 1. The Morgan fingerprint density at radius 2 is 1.95 bits per heavy atom. The molecule has 1 atom stereocenters. The van der Waals surface area contributed by atoms with Crippen LogP contribution in [0.2, 0.25) is 0 Å². The standard InChI is InChI=1S/C19H31NO/c1-3-4-5-6-7-8-11-18(20-2)16-12-13-19-17(15-16)10-9-14-21-19/h12-13,15,18,20H,3-11,14H2,1-2H3. The highest BCUT2D eigenvalue weighted by Crippen LogP contribution is 2.29. The lowest BCUT2D eigenvalue weighted by atomic mass is 9.96. The molecule has 2 heteroatoms. The average molecular weight is 289 g/mol. The second kappa shape index (κ2) is 9.09. The van der Waals surface area contributed by atoms with E-state index in [1.807, 2.05) is 0 Å². The fourth-order valence-corrected chi connectivity index (χ4v) is 3.20. The highest BCUT2D eigenvalue weighted by Gasteiger charge is 2.14. The van der Waals surface area contributed by atoms with Crippen molar-refractivity contribution in [3.8, 4) is 5.75 Å². The van der Waals surface area contributed by atoms with Crippen molar-refractivity contribution >= 4 is 0 Å². The zero-order chi connectivity index (χ0) is 14.9. The molecule has 0 radical (unpaired) electrons. The monoisotopic (exact) mass is 289 g/mol. The number of unbranched alkanes of at least 4 members (excludes halogenated alkanes) is 5. The molecule has 1 aromatic rings. The maximum Gasteiger partial charge on any atom is 0.122 e. The second-order valence-electron chi connectivity index (χ2n) is 6.22. The van der Waals surface area contributed by atoms with Crippen LogP contribution in [0.15, 0.2) is 18.2 Å². The molecule has 1 aliphatic heterocycles. The second-order valence-corrected chi connectivity index (χ2v) is 6.22. The Labute approximate surface area is 130 Å². The van der Waals surface area contributed by atoms with E-state index < -0.39 is 0 Å². The van der Waals surface area contributed by atoms with Crippen LogP contribution in [-0.4, -0.2) is 13.7 Å². The van der Waals surface area contributed by atoms with Gasteiger partial charge in [-0.2, -0.15) is 0 Å². The summed E-state index contributed by atoms with van der Waals surface area (Å²) in [7, 11) is 2.08. The zero-order valence-corrected chi connectivity index (χ0v) is 13.8. The summed E-state index contributed by atoms with van der Waals surface area (Å²) < 4.78 is 5.71. The lowest BCUT2D eigenvalue weighted by Crippen LogP contribution is -2.17. The van der Waals surface area contributed by atoms with E-state index in [9.17, 15) is 0 Å². The van der Waals surface area contributed by atoms with Crippen LogP contribution >= 0.6 is 0 Å². The van der Waals surface area contributed by atoms with Crippen LogP contribution < -0.4 is 10.1 Å². The molecular weight excluding hydrogens is 258 g/mol. The Morgan fingerprint density at radius 3 is 2.76 bits per heavy atom. The number of aryl methyl sites for hydroxylation is 1. The summed E-state index contributed by atoms with van der Waals surface area (Å²) in [6, 6.07) is 7.24. The largest absolute Gasteiger partial charge is 0.493 e. The molecule has 0 fully saturated rings. The summed E-state index contributed by atoms with van der Waals surface area (Å²) in [5.41, 5.74) is 2.82. The van der Waals surface area contributed by atoms with E-state index in [4.69, 9.17) is 4.74 Å². The Hall–Kier alpha value is -1.02. The quantitative estimate of drug-likeness (QED) is 0.644. The van der Waals surface area contributed by atoms with Gasteiger partial charge < -0.3 is 10.1 Å². The van der Waals surface area contributed by atoms with Gasteiger partial charge in [0.05, 0.1) is 6.61 Å². The fourth-order valence-electron chi connectivity index (χ4n) is 3.20. The summed E-state index contributed by atoms with van der Waals surface area (Å²) in [6.07, 6.45) is 11.8. The molecule has 0 aliphatic carbocycles. The van der Waals surface area contributed by atoms with E-state index in [0.29, 0.717) is 6.04 Å². The van der Waals surface area contributed by atoms with Crippen molar-refractivity contribution in [2.75, 3.05) is 13.7 Å². The van der Waals surface area contributed by atoms with Gasteiger partial charge in [-0.1, -0.05) is 57.6 Å². The predicted molar refractivity (Wildman–Crippen MR) is 90.1 cm³/mol. The van der Waals surface area contributed by atoms with Gasteiger partial charge in [-0.25, -0.2) is 0 Å². The van der Waals surface area contributed by atoms with Crippen LogP contribution in [0.5, 0.6) is 5.75 Å². The van der Waals surface area contributed by atoms with Crippen LogP contribution in [0.4, 0.5) is 0 Å². The lowest BCUT2D eigenvalue weighted by Gasteiger charge is -2.21. The van der Waals surface area contributed by atoms with E-state index in [2.05, 4.69) is 37.5 Å². The first-order valence-corrected chi connectivity index (χ1v) is 8.78. The maximum atomic E-state index is 5.71. The minimum atomic E-state index is 0.489. The molecule has 0 amide bonds. The Balaban J connectivity index is 1.83. The molecule has 1 aromatic carbocycles. The first-order chi connectivity index (χ1) is 10.3. The van der Waals surface area contributed by atoms with Crippen LogP contribution in [0, 0.1) is 0 Å². The van der Waals surface area contributed by atoms with Gasteiger partial charge in [-0.05, 0) is 43.5 Å². The summed E-state index contributed by atoms with van der Waals surface area (Å²) in [5.74, 6) is 1.10. The molecule has 118 valence electrons. The number of rotatable bonds is 9. The first-order valence-electron chi connectivity index (χ1n) is 8.78. The minimum Gasteiger partial charge on any atom is -0.493 e. The third kappa shape index (κ3) is 5.03. The van der Waals surface area contributed by atoms with Crippen molar-refractivity contribution in [3.63, 3.8) is 0 Å².